The van der Waals surface area contributed by atoms with Gasteiger partial charge in [-0.3, -0.25) is 0 Å². The van der Waals surface area contributed by atoms with E-state index < -0.39 is 42.0 Å². The summed E-state index contributed by atoms with van der Waals surface area (Å²) in [6.45, 7) is 9.85. The Labute approximate surface area is 260 Å². The van der Waals surface area contributed by atoms with E-state index in [9.17, 15) is 31.1 Å². The van der Waals surface area contributed by atoms with Crippen LogP contribution in [0.5, 0.6) is 5.75 Å². The Balaban J connectivity index is 1.74. The molecule has 0 aliphatic heterocycles. The minimum Gasteiger partial charge on any atom is -0.490 e. The van der Waals surface area contributed by atoms with Gasteiger partial charge in [-0.1, -0.05) is 52.3 Å². The van der Waals surface area contributed by atoms with Gasteiger partial charge in [0.1, 0.15) is 23.9 Å². The predicted molar refractivity (Wildman–Crippen MR) is 163 cm³/mol. The second-order valence-corrected chi connectivity index (χ2v) is 12.3. The first-order valence-electron chi connectivity index (χ1n) is 15.6. The van der Waals surface area contributed by atoms with Crippen LogP contribution in [-0.2, 0) is 28.7 Å². The number of fused-ring (bicyclic) bond motifs is 1. The number of hydrogen-bond acceptors (Lipinski definition) is 3. The molecule has 3 aromatic rings. The normalized spacial score (nSPS) is 18.9. The number of ether oxygens (including phenoxy) is 2. The average Bonchev–Trinajstić information content (AvgIpc) is 3.53. The molecule has 1 saturated carbocycles. The quantitative estimate of drug-likeness (QED) is 0.0811. The molecule has 4 rings (SSSR count). The molecule has 3 atom stereocenters. The molecule has 3 unspecified atom stereocenters. The fraction of sp³-hybridized carbons (Fsp3) is 0.514. The molecule has 45 heavy (non-hydrogen) atoms. The van der Waals surface area contributed by atoms with Crippen molar-refractivity contribution in [3.8, 4) is 17.0 Å². The first-order valence-corrected chi connectivity index (χ1v) is 15.6. The van der Waals surface area contributed by atoms with Crippen molar-refractivity contribution in [1.29, 1.82) is 0 Å². The first kappa shape index (κ1) is 34.4. The summed E-state index contributed by atoms with van der Waals surface area (Å²) in [5.74, 6) is -2.42. The molecule has 0 N–H and O–H groups in total. The van der Waals surface area contributed by atoms with Gasteiger partial charge < -0.3 is 14.0 Å². The van der Waals surface area contributed by atoms with E-state index in [4.69, 9.17) is 9.47 Å². The van der Waals surface area contributed by atoms with Gasteiger partial charge in [0.05, 0.1) is 11.1 Å². The molecule has 4 nitrogen and oxygen atoms in total. The highest BCUT2D eigenvalue weighted by Crippen LogP contribution is 2.44. The van der Waals surface area contributed by atoms with Crippen LogP contribution in [0.2, 0.25) is 0 Å². The van der Waals surface area contributed by atoms with Crippen molar-refractivity contribution >= 4 is 16.9 Å². The van der Waals surface area contributed by atoms with Gasteiger partial charge in [0.2, 0.25) is 0 Å². The van der Waals surface area contributed by atoms with E-state index in [0.29, 0.717) is 47.5 Å². The summed E-state index contributed by atoms with van der Waals surface area (Å²) in [4.78, 5) is 11.7. The fourth-order valence-corrected chi connectivity index (χ4v) is 6.20. The third kappa shape index (κ3) is 8.44. The maximum Gasteiger partial charge on any atom is 0.417 e. The highest BCUT2D eigenvalue weighted by molar-refractivity contribution is 5.89. The van der Waals surface area contributed by atoms with Crippen LogP contribution in [-0.4, -0.2) is 28.9 Å². The minimum atomic E-state index is -4.68. The molecule has 2 aromatic carbocycles. The second-order valence-electron chi connectivity index (χ2n) is 12.3. The number of halogens is 6. The zero-order chi connectivity index (χ0) is 32.9. The molecule has 1 fully saturated rings. The van der Waals surface area contributed by atoms with E-state index in [1.54, 1.807) is 24.3 Å². The molecule has 1 heterocycles. The first-order chi connectivity index (χ1) is 21.2. The zero-order valence-corrected chi connectivity index (χ0v) is 25.9. The summed E-state index contributed by atoms with van der Waals surface area (Å²) in [5.41, 5.74) is 0.946. The zero-order valence-electron chi connectivity index (χ0n) is 25.9. The lowest BCUT2D eigenvalue weighted by Crippen LogP contribution is -2.41. The lowest BCUT2D eigenvalue weighted by atomic mass is 9.97. The van der Waals surface area contributed by atoms with Crippen molar-refractivity contribution < 1.29 is 40.6 Å². The average molecular weight is 638 g/mol. The summed E-state index contributed by atoms with van der Waals surface area (Å²) in [6, 6.07) is 11.0. The molecular weight excluding hydrogens is 596 g/mol. The monoisotopic (exact) mass is 637 g/mol. The van der Waals surface area contributed by atoms with Crippen LogP contribution in [0.25, 0.3) is 22.2 Å². The number of nitrogens with zero attached hydrogens (tertiary/aromatic N) is 1. The number of esters is 1. The fourth-order valence-electron chi connectivity index (χ4n) is 6.20. The number of carbonyl (C=O) groups is 1. The summed E-state index contributed by atoms with van der Waals surface area (Å²) < 4.78 is 98.3. The van der Waals surface area contributed by atoms with E-state index in [1.807, 2.05) is 11.5 Å². The van der Waals surface area contributed by atoms with Gasteiger partial charge in [-0.15, -0.1) is 0 Å². The van der Waals surface area contributed by atoms with Crippen LogP contribution in [0.15, 0.2) is 55.1 Å². The van der Waals surface area contributed by atoms with E-state index in [-0.39, 0.29) is 24.2 Å². The van der Waals surface area contributed by atoms with Gasteiger partial charge in [0.15, 0.2) is 0 Å². The highest BCUT2D eigenvalue weighted by Gasteiger charge is 2.55. The number of benzene rings is 2. The standard InChI is InChI=1S/C35H41F6NO3/c1-5-7-8-11-23-12-15-26(27(19-23)34(36,37)38)29-20-24-13-14-25(21-28(24)42(29)18-9-10-22(3)4)44-30-16-17-31(45-32(43)6-2)33(30)35(39,40)41/h6,12-15,19-22,30-31,33H,2,5,7-11,16-18H2,1,3-4H3. The Bertz CT molecular complexity index is 1470. The number of rotatable bonds is 13. The smallest absolute Gasteiger partial charge is 0.417 e. The van der Waals surface area contributed by atoms with Crippen molar-refractivity contribution in [2.45, 2.75) is 103 Å². The minimum absolute atomic E-state index is 0.0114. The van der Waals surface area contributed by atoms with Crippen molar-refractivity contribution in [3.05, 3.63) is 66.2 Å². The molecule has 0 radical (unpaired) electrons. The van der Waals surface area contributed by atoms with E-state index in [2.05, 4.69) is 20.4 Å². The van der Waals surface area contributed by atoms with E-state index in [0.717, 1.165) is 31.8 Å². The Morgan fingerprint density at radius 2 is 1.73 bits per heavy atom. The molecule has 0 amide bonds. The number of carbonyl (C=O) groups excluding carboxylic acids is 1. The Morgan fingerprint density at radius 1 is 1.00 bits per heavy atom. The molecule has 246 valence electrons. The number of aryl methyl sites for hydroxylation is 2. The van der Waals surface area contributed by atoms with Gasteiger partial charge in [-0.25, -0.2) is 4.79 Å². The second kappa shape index (κ2) is 14.3. The molecule has 1 aliphatic carbocycles. The number of aromatic nitrogens is 1. The third-order valence-electron chi connectivity index (χ3n) is 8.41. The molecule has 10 heteroatoms. The summed E-state index contributed by atoms with van der Waals surface area (Å²) >= 11 is 0. The maximum atomic E-state index is 14.4. The van der Waals surface area contributed by atoms with Crippen molar-refractivity contribution in [1.82, 2.24) is 4.57 Å². The van der Waals surface area contributed by atoms with Crippen LogP contribution in [0.3, 0.4) is 0 Å². The molecule has 1 aromatic heterocycles. The van der Waals surface area contributed by atoms with Crippen LogP contribution in [0.4, 0.5) is 26.3 Å². The predicted octanol–water partition coefficient (Wildman–Crippen LogP) is 10.3. The van der Waals surface area contributed by atoms with Gasteiger partial charge in [0.25, 0.3) is 0 Å². The van der Waals surface area contributed by atoms with E-state index >= 15 is 0 Å². The van der Waals surface area contributed by atoms with Gasteiger partial charge in [-0.05, 0) is 74.3 Å². The molecular formula is C35H41F6NO3. The maximum absolute atomic E-state index is 14.4. The summed E-state index contributed by atoms with van der Waals surface area (Å²) in [6.07, 6.45) is -6.35. The van der Waals surface area contributed by atoms with Gasteiger partial charge in [0, 0.05) is 35.3 Å². The lowest BCUT2D eigenvalue weighted by molar-refractivity contribution is -0.214. The van der Waals surface area contributed by atoms with Crippen LogP contribution in [0, 0.1) is 11.8 Å². The van der Waals surface area contributed by atoms with E-state index in [1.165, 1.54) is 18.2 Å². The summed E-state index contributed by atoms with van der Waals surface area (Å²) in [5, 5.41) is 0.652. The number of unbranched alkanes of at least 4 members (excludes halogenated alkanes) is 2. The lowest BCUT2D eigenvalue weighted by Gasteiger charge is -2.27. The molecule has 0 saturated heterocycles. The van der Waals surface area contributed by atoms with Crippen LogP contribution >= 0.6 is 0 Å². The van der Waals surface area contributed by atoms with Gasteiger partial charge >= 0.3 is 18.3 Å². The van der Waals surface area contributed by atoms with Crippen molar-refractivity contribution in [2.75, 3.05) is 0 Å². The number of alkyl halides is 6. The van der Waals surface area contributed by atoms with Crippen LogP contribution in [0.1, 0.15) is 76.8 Å². The third-order valence-corrected chi connectivity index (χ3v) is 8.41. The van der Waals surface area contributed by atoms with Crippen molar-refractivity contribution in [3.63, 3.8) is 0 Å². The molecule has 1 aliphatic rings. The molecule has 0 bridgehead atoms. The van der Waals surface area contributed by atoms with Crippen LogP contribution < -0.4 is 4.74 Å². The topological polar surface area (TPSA) is 40.5 Å². The SMILES string of the molecule is C=CC(=O)OC1CCC(Oc2ccc3cc(-c4ccc(CCCCC)cc4C(F)(F)F)n(CCCC(C)C)c3c2)C1C(F)(F)F. The largest absolute Gasteiger partial charge is 0.490 e. The molecule has 0 spiro atoms. The highest BCUT2D eigenvalue weighted by atomic mass is 19.4. The van der Waals surface area contributed by atoms with Crippen molar-refractivity contribution in [2.24, 2.45) is 11.8 Å². The Morgan fingerprint density at radius 3 is 2.38 bits per heavy atom. The number of hydrogen-bond donors (Lipinski definition) is 0. The summed E-state index contributed by atoms with van der Waals surface area (Å²) in [7, 11) is 0. The van der Waals surface area contributed by atoms with Gasteiger partial charge in [-0.2, -0.15) is 26.3 Å². The Hall–Kier alpha value is -3.43. The Kier molecular flexibility index (Phi) is 11.0.